The summed E-state index contributed by atoms with van der Waals surface area (Å²) in [6, 6.07) is -0.676. The van der Waals surface area contributed by atoms with E-state index in [1.807, 2.05) is 0 Å². The molecule has 2 N–H and O–H groups in total. The maximum atomic E-state index is 12.1. The van der Waals surface area contributed by atoms with Gasteiger partial charge in [0.15, 0.2) is 6.10 Å². The number of hydrogen-bond donors (Lipinski definition) is 1. The maximum absolute atomic E-state index is 12.1. The van der Waals surface area contributed by atoms with Gasteiger partial charge in [0.05, 0.1) is 18.6 Å². The van der Waals surface area contributed by atoms with Crippen LogP contribution in [0.3, 0.4) is 0 Å². The number of nitrogens with two attached hydrogens (primary N) is 1. The van der Waals surface area contributed by atoms with E-state index in [2.05, 4.69) is 23.7 Å². The highest BCUT2D eigenvalue weighted by molar-refractivity contribution is 5.75. The minimum Gasteiger partial charge on any atom is -0.448 e. The fourth-order valence-corrected chi connectivity index (χ4v) is 2.91. The molecule has 0 saturated carbocycles. The Labute approximate surface area is 151 Å². The Balaban J connectivity index is 2.98. The third-order valence-electron chi connectivity index (χ3n) is 4.35. The lowest BCUT2D eigenvalue weighted by Gasteiger charge is -2.30. The van der Waals surface area contributed by atoms with Crippen LogP contribution in [0.25, 0.3) is 0 Å². The predicted octanol–water partition coefficient (Wildman–Crippen LogP) is 1.73. The van der Waals surface area contributed by atoms with Crippen LogP contribution in [0.15, 0.2) is 0 Å². The van der Waals surface area contributed by atoms with E-state index in [1.165, 1.54) is 0 Å². The van der Waals surface area contributed by atoms with Crippen LogP contribution in [0.1, 0.15) is 38.5 Å². The molecule has 0 unspecified atom stereocenters. The van der Waals surface area contributed by atoms with E-state index in [9.17, 15) is 4.79 Å². The van der Waals surface area contributed by atoms with E-state index < -0.39 is 18.1 Å². The van der Waals surface area contributed by atoms with Crippen LogP contribution in [0.2, 0.25) is 0 Å². The summed E-state index contributed by atoms with van der Waals surface area (Å²) in [7, 11) is 0. The first-order chi connectivity index (χ1) is 12.1. The molecular weight excluding hydrogens is 314 g/mol. The number of esters is 1. The Kier molecular flexibility index (Phi) is 9.29. The lowest BCUT2D eigenvalue weighted by Crippen LogP contribution is -2.39. The summed E-state index contributed by atoms with van der Waals surface area (Å²) in [5, 5.41) is 0. The number of cyclic esters (lactones) is 1. The molecule has 0 bridgehead atoms. The van der Waals surface area contributed by atoms with Crippen LogP contribution in [0.4, 0.5) is 0 Å². The Morgan fingerprint density at radius 3 is 2.56 bits per heavy atom. The fourth-order valence-electron chi connectivity index (χ4n) is 2.91. The van der Waals surface area contributed by atoms with Gasteiger partial charge in [-0.05, 0) is 32.1 Å². The highest BCUT2D eigenvalue weighted by Gasteiger charge is 2.34. The second-order valence-corrected chi connectivity index (χ2v) is 6.05. The SMILES string of the molecule is C#CCCO[C@H]1CCC[C@H](N)C(=O)O[C@@H](C#C)[C@@H]1CCC(C#C)C#C. The van der Waals surface area contributed by atoms with Crippen LogP contribution in [0, 0.1) is 61.2 Å². The monoisotopic (exact) mass is 339 g/mol. The molecule has 1 aliphatic heterocycles. The summed E-state index contributed by atoms with van der Waals surface area (Å²) < 4.78 is 11.4. The standard InChI is InChI=1S/C21H25NO3/c1-5-9-15-24-20-12-10-11-18(22)21(23)25-19(8-4)17(20)14-13-16(6-2)7-3/h1-4,16-20H,9-15,22H2/t17-,18-,19-,20-/m0/s1. The van der Waals surface area contributed by atoms with Crippen molar-refractivity contribution >= 4 is 5.97 Å². The zero-order chi connectivity index (χ0) is 18.7. The number of ether oxygens (including phenoxy) is 2. The summed E-state index contributed by atoms with van der Waals surface area (Å²) in [5.74, 6) is 9.25. The normalized spacial score (nSPS) is 26.7. The van der Waals surface area contributed by atoms with Crippen molar-refractivity contribution in [2.75, 3.05) is 6.61 Å². The van der Waals surface area contributed by atoms with Crippen molar-refractivity contribution in [2.45, 2.75) is 56.8 Å². The predicted molar refractivity (Wildman–Crippen MR) is 97.6 cm³/mol. The summed E-state index contributed by atoms with van der Waals surface area (Å²) in [6.45, 7) is 0.419. The van der Waals surface area contributed by atoms with Crippen molar-refractivity contribution < 1.29 is 14.3 Å². The van der Waals surface area contributed by atoms with Gasteiger partial charge in [0, 0.05) is 12.3 Å². The summed E-state index contributed by atoms with van der Waals surface area (Å²) in [4.78, 5) is 12.1. The van der Waals surface area contributed by atoms with Gasteiger partial charge in [-0.15, -0.1) is 31.6 Å². The Morgan fingerprint density at radius 1 is 1.24 bits per heavy atom. The number of carbonyl (C=O) groups excluding carboxylic acids is 1. The number of terminal acetylenes is 4. The molecule has 0 aromatic heterocycles. The summed E-state index contributed by atoms with van der Waals surface area (Å²) in [5.41, 5.74) is 5.85. The highest BCUT2D eigenvalue weighted by Crippen LogP contribution is 2.28. The van der Waals surface area contributed by atoms with Crippen molar-refractivity contribution in [3.8, 4) is 49.4 Å². The lowest BCUT2D eigenvalue weighted by atomic mass is 9.86. The maximum Gasteiger partial charge on any atom is 0.324 e. The van der Waals surface area contributed by atoms with Gasteiger partial charge >= 0.3 is 5.97 Å². The molecule has 1 saturated heterocycles. The molecule has 132 valence electrons. The third kappa shape index (κ3) is 6.57. The highest BCUT2D eigenvalue weighted by atomic mass is 16.5. The molecule has 4 heteroatoms. The largest absolute Gasteiger partial charge is 0.448 e. The molecule has 0 radical (unpaired) electrons. The number of rotatable bonds is 6. The molecular formula is C21H25NO3. The minimum absolute atomic E-state index is 0.191. The van der Waals surface area contributed by atoms with Crippen molar-refractivity contribution in [1.29, 1.82) is 0 Å². The van der Waals surface area contributed by atoms with Crippen molar-refractivity contribution in [3.63, 3.8) is 0 Å². The van der Waals surface area contributed by atoms with Gasteiger partial charge in [-0.2, -0.15) is 0 Å². The van der Waals surface area contributed by atoms with Crippen LogP contribution >= 0.6 is 0 Å². The first kappa shape index (κ1) is 20.7. The molecule has 25 heavy (non-hydrogen) atoms. The van der Waals surface area contributed by atoms with Gasteiger partial charge in [0.25, 0.3) is 0 Å². The van der Waals surface area contributed by atoms with E-state index in [0.29, 0.717) is 38.7 Å². The van der Waals surface area contributed by atoms with Gasteiger partial charge < -0.3 is 15.2 Å². The first-order valence-corrected chi connectivity index (χ1v) is 8.46. The molecule has 0 aromatic carbocycles. The summed E-state index contributed by atoms with van der Waals surface area (Å²) in [6.07, 6.45) is 24.5. The average Bonchev–Trinajstić information content (AvgIpc) is 2.67. The van der Waals surface area contributed by atoms with E-state index >= 15 is 0 Å². The molecule has 1 heterocycles. The van der Waals surface area contributed by atoms with Crippen LogP contribution < -0.4 is 5.73 Å². The van der Waals surface area contributed by atoms with Gasteiger partial charge in [-0.1, -0.05) is 17.8 Å². The number of hydrogen-bond acceptors (Lipinski definition) is 4. The molecule has 1 rings (SSSR count). The van der Waals surface area contributed by atoms with Gasteiger partial charge in [0.1, 0.15) is 6.04 Å². The average molecular weight is 339 g/mol. The molecule has 0 spiro atoms. The van der Waals surface area contributed by atoms with Crippen molar-refractivity contribution in [2.24, 2.45) is 17.6 Å². The Morgan fingerprint density at radius 2 is 1.96 bits per heavy atom. The summed E-state index contributed by atoms with van der Waals surface area (Å²) >= 11 is 0. The third-order valence-corrected chi connectivity index (χ3v) is 4.35. The topological polar surface area (TPSA) is 61.5 Å². The molecule has 1 aliphatic rings. The van der Waals surface area contributed by atoms with Crippen LogP contribution in [-0.4, -0.2) is 30.8 Å². The molecule has 1 fully saturated rings. The van der Waals surface area contributed by atoms with E-state index in [0.717, 1.165) is 6.42 Å². The van der Waals surface area contributed by atoms with E-state index in [1.54, 1.807) is 0 Å². The quantitative estimate of drug-likeness (QED) is 0.455. The van der Waals surface area contributed by atoms with Crippen molar-refractivity contribution in [1.82, 2.24) is 0 Å². The zero-order valence-electron chi connectivity index (χ0n) is 14.4. The van der Waals surface area contributed by atoms with Gasteiger partial charge in [-0.25, -0.2) is 0 Å². The van der Waals surface area contributed by atoms with Crippen LogP contribution in [0.5, 0.6) is 0 Å². The number of carbonyl (C=O) groups is 1. The zero-order valence-corrected chi connectivity index (χ0v) is 14.4. The molecule has 0 aromatic rings. The van der Waals surface area contributed by atoms with E-state index in [4.69, 9.17) is 40.9 Å². The van der Waals surface area contributed by atoms with Gasteiger partial charge in [0.2, 0.25) is 0 Å². The lowest BCUT2D eigenvalue weighted by molar-refractivity contribution is -0.152. The Hall–Kier alpha value is -2.37. The smallest absolute Gasteiger partial charge is 0.324 e. The second-order valence-electron chi connectivity index (χ2n) is 6.05. The van der Waals surface area contributed by atoms with Crippen molar-refractivity contribution in [3.05, 3.63) is 0 Å². The second kappa shape index (κ2) is 11.2. The molecule has 0 amide bonds. The van der Waals surface area contributed by atoms with Crippen LogP contribution in [-0.2, 0) is 14.3 Å². The Bertz CT molecular complexity index is 585. The minimum atomic E-state index is -0.733. The first-order valence-electron chi connectivity index (χ1n) is 8.46. The fraction of sp³-hybridized carbons (Fsp3) is 0.571. The molecule has 4 nitrogen and oxygen atoms in total. The van der Waals surface area contributed by atoms with E-state index in [-0.39, 0.29) is 17.9 Å². The molecule has 0 aliphatic carbocycles. The van der Waals surface area contributed by atoms with Gasteiger partial charge in [-0.3, -0.25) is 4.79 Å². The molecule has 4 atom stereocenters.